The van der Waals surface area contributed by atoms with Crippen LogP contribution in [0.3, 0.4) is 0 Å². The second-order valence-electron chi connectivity index (χ2n) is 4.37. The molecule has 0 spiro atoms. The molecule has 1 aliphatic heterocycles. The van der Waals surface area contributed by atoms with Crippen molar-refractivity contribution in [2.45, 2.75) is 0 Å². The van der Waals surface area contributed by atoms with Crippen LogP contribution in [0, 0.1) is 5.95 Å². The predicted octanol–water partition coefficient (Wildman–Crippen LogP) is 1.34. The van der Waals surface area contributed by atoms with Crippen molar-refractivity contribution in [3.63, 3.8) is 0 Å². The van der Waals surface area contributed by atoms with Gasteiger partial charge < -0.3 is 9.80 Å². The van der Waals surface area contributed by atoms with Gasteiger partial charge in [-0.05, 0) is 6.07 Å². The first-order valence-corrected chi connectivity index (χ1v) is 6.20. The SMILES string of the molecule is Fc1cc(N2CCN(c3cnccn3)CC2)ccn1. The van der Waals surface area contributed by atoms with Gasteiger partial charge in [-0.3, -0.25) is 4.98 Å². The zero-order chi connectivity index (χ0) is 13.1. The van der Waals surface area contributed by atoms with Gasteiger partial charge in [0.15, 0.2) is 0 Å². The van der Waals surface area contributed by atoms with E-state index in [0.29, 0.717) is 0 Å². The van der Waals surface area contributed by atoms with E-state index in [2.05, 4.69) is 24.8 Å². The molecule has 2 aromatic rings. The number of piperazine rings is 1. The van der Waals surface area contributed by atoms with Gasteiger partial charge in [0, 0.05) is 56.5 Å². The van der Waals surface area contributed by atoms with Crippen molar-refractivity contribution in [1.82, 2.24) is 15.0 Å². The van der Waals surface area contributed by atoms with Gasteiger partial charge in [-0.2, -0.15) is 4.39 Å². The first kappa shape index (κ1) is 11.8. The van der Waals surface area contributed by atoms with Crippen LogP contribution in [-0.4, -0.2) is 41.1 Å². The molecule has 0 aliphatic carbocycles. The fraction of sp³-hybridized carbons (Fsp3) is 0.308. The van der Waals surface area contributed by atoms with Crippen molar-refractivity contribution in [2.75, 3.05) is 36.0 Å². The zero-order valence-electron chi connectivity index (χ0n) is 10.4. The summed E-state index contributed by atoms with van der Waals surface area (Å²) in [4.78, 5) is 16.3. The van der Waals surface area contributed by atoms with Gasteiger partial charge in [0.2, 0.25) is 5.95 Å². The lowest BCUT2D eigenvalue weighted by Crippen LogP contribution is -2.46. The van der Waals surface area contributed by atoms with Crippen LogP contribution in [0.1, 0.15) is 0 Å². The standard InChI is InChI=1S/C13H14FN5/c14-12-9-11(1-2-16-12)18-5-7-19(8-6-18)13-10-15-3-4-17-13/h1-4,9-10H,5-8H2. The smallest absolute Gasteiger partial charge is 0.214 e. The molecule has 0 unspecified atom stereocenters. The van der Waals surface area contributed by atoms with Crippen molar-refractivity contribution in [2.24, 2.45) is 0 Å². The molecule has 0 N–H and O–H groups in total. The number of rotatable bonds is 2. The van der Waals surface area contributed by atoms with Crippen molar-refractivity contribution in [3.8, 4) is 0 Å². The Morgan fingerprint density at radius 3 is 2.42 bits per heavy atom. The second kappa shape index (κ2) is 5.17. The van der Waals surface area contributed by atoms with Crippen LogP contribution in [-0.2, 0) is 0 Å². The molecule has 3 heterocycles. The van der Waals surface area contributed by atoms with Gasteiger partial charge in [0.1, 0.15) is 5.82 Å². The molecular weight excluding hydrogens is 245 g/mol. The molecule has 1 saturated heterocycles. The summed E-state index contributed by atoms with van der Waals surface area (Å²) in [6.07, 6.45) is 6.63. The van der Waals surface area contributed by atoms with Crippen LogP contribution in [0.5, 0.6) is 0 Å². The first-order valence-electron chi connectivity index (χ1n) is 6.20. The number of anilines is 2. The van der Waals surface area contributed by atoms with Gasteiger partial charge in [-0.1, -0.05) is 0 Å². The quantitative estimate of drug-likeness (QED) is 0.761. The molecule has 1 fully saturated rings. The van der Waals surface area contributed by atoms with Crippen molar-refractivity contribution >= 4 is 11.5 Å². The van der Waals surface area contributed by atoms with E-state index in [1.165, 1.54) is 12.3 Å². The number of aromatic nitrogens is 3. The Morgan fingerprint density at radius 2 is 1.74 bits per heavy atom. The third-order valence-corrected chi connectivity index (χ3v) is 3.23. The van der Waals surface area contributed by atoms with E-state index < -0.39 is 5.95 Å². The highest BCUT2D eigenvalue weighted by Crippen LogP contribution is 2.18. The summed E-state index contributed by atoms with van der Waals surface area (Å²) in [5.74, 6) is 0.455. The summed E-state index contributed by atoms with van der Waals surface area (Å²) in [6, 6.07) is 3.30. The molecule has 0 amide bonds. The van der Waals surface area contributed by atoms with Crippen LogP contribution in [0.25, 0.3) is 0 Å². The predicted molar refractivity (Wildman–Crippen MR) is 70.7 cm³/mol. The minimum Gasteiger partial charge on any atom is -0.368 e. The largest absolute Gasteiger partial charge is 0.368 e. The summed E-state index contributed by atoms with van der Waals surface area (Å²) in [5.41, 5.74) is 0.881. The third-order valence-electron chi connectivity index (χ3n) is 3.23. The summed E-state index contributed by atoms with van der Waals surface area (Å²) in [5, 5.41) is 0. The average molecular weight is 259 g/mol. The monoisotopic (exact) mass is 259 g/mol. The van der Waals surface area contributed by atoms with E-state index in [1.807, 2.05) is 6.07 Å². The molecule has 0 radical (unpaired) electrons. The lowest BCUT2D eigenvalue weighted by Gasteiger charge is -2.36. The highest BCUT2D eigenvalue weighted by molar-refractivity contribution is 5.48. The van der Waals surface area contributed by atoms with E-state index >= 15 is 0 Å². The molecule has 6 heteroatoms. The number of halogens is 1. The summed E-state index contributed by atoms with van der Waals surface area (Å²) in [7, 11) is 0. The van der Waals surface area contributed by atoms with Gasteiger partial charge in [-0.25, -0.2) is 9.97 Å². The van der Waals surface area contributed by atoms with Crippen molar-refractivity contribution in [3.05, 3.63) is 42.9 Å². The van der Waals surface area contributed by atoms with E-state index in [0.717, 1.165) is 37.7 Å². The highest BCUT2D eigenvalue weighted by Gasteiger charge is 2.18. The first-order chi connectivity index (χ1) is 9.33. The molecular formula is C13H14FN5. The third kappa shape index (κ3) is 2.62. The molecule has 0 bridgehead atoms. The highest BCUT2D eigenvalue weighted by atomic mass is 19.1. The van der Waals surface area contributed by atoms with E-state index in [1.54, 1.807) is 18.6 Å². The molecule has 98 valence electrons. The summed E-state index contributed by atoms with van der Waals surface area (Å²) < 4.78 is 13.1. The number of hydrogen-bond acceptors (Lipinski definition) is 5. The van der Waals surface area contributed by atoms with Crippen LogP contribution in [0.4, 0.5) is 15.9 Å². The maximum absolute atomic E-state index is 13.1. The second-order valence-corrected chi connectivity index (χ2v) is 4.37. The Labute approximate surface area is 110 Å². The molecule has 3 rings (SSSR count). The van der Waals surface area contributed by atoms with Crippen LogP contribution in [0.15, 0.2) is 36.9 Å². The number of pyridine rings is 1. The molecule has 5 nitrogen and oxygen atoms in total. The fourth-order valence-corrected chi connectivity index (χ4v) is 2.24. The normalized spacial score (nSPS) is 15.6. The van der Waals surface area contributed by atoms with Crippen molar-refractivity contribution < 1.29 is 4.39 Å². The van der Waals surface area contributed by atoms with Gasteiger partial charge >= 0.3 is 0 Å². The van der Waals surface area contributed by atoms with Crippen molar-refractivity contribution in [1.29, 1.82) is 0 Å². The Bertz CT molecular complexity index is 540. The Kier molecular flexibility index (Phi) is 3.22. The lowest BCUT2D eigenvalue weighted by atomic mass is 10.2. The van der Waals surface area contributed by atoms with Crippen LogP contribution in [0.2, 0.25) is 0 Å². The Hall–Kier alpha value is -2.24. The van der Waals surface area contributed by atoms with E-state index in [-0.39, 0.29) is 0 Å². The number of hydrogen-bond donors (Lipinski definition) is 0. The number of nitrogens with zero attached hydrogens (tertiary/aromatic N) is 5. The molecule has 1 aliphatic rings. The van der Waals surface area contributed by atoms with E-state index in [9.17, 15) is 4.39 Å². The van der Waals surface area contributed by atoms with Gasteiger partial charge in [0.25, 0.3) is 0 Å². The van der Waals surface area contributed by atoms with Crippen LogP contribution >= 0.6 is 0 Å². The van der Waals surface area contributed by atoms with Gasteiger partial charge in [-0.15, -0.1) is 0 Å². The Morgan fingerprint density at radius 1 is 0.947 bits per heavy atom. The maximum atomic E-state index is 13.1. The molecule has 0 saturated carbocycles. The molecule has 19 heavy (non-hydrogen) atoms. The minimum atomic E-state index is -0.436. The molecule has 0 atom stereocenters. The lowest BCUT2D eigenvalue weighted by molar-refractivity contribution is 0.580. The zero-order valence-corrected chi connectivity index (χ0v) is 10.4. The fourth-order valence-electron chi connectivity index (χ4n) is 2.24. The summed E-state index contributed by atoms with van der Waals surface area (Å²) in [6.45, 7) is 3.37. The maximum Gasteiger partial charge on any atom is 0.214 e. The topological polar surface area (TPSA) is 45.2 Å². The average Bonchev–Trinajstić information content (AvgIpc) is 2.48. The van der Waals surface area contributed by atoms with Crippen LogP contribution < -0.4 is 9.80 Å². The molecule has 2 aromatic heterocycles. The molecule has 0 aromatic carbocycles. The Balaban J connectivity index is 1.67. The minimum absolute atomic E-state index is 0.436. The van der Waals surface area contributed by atoms with Gasteiger partial charge in [0.05, 0.1) is 6.20 Å². The summed E-state index contributed by atoms with van der Waals surface area (Å²) >= 11 is 0. The van der Waals surface area contributed by atoms with E-state index in [4.69, 9.17) is 0 Å².